The molecule has 0 radical (unpaired) electrons. The average Bonchev–Trinajstić information content (AvgIpc) is 2.37. The fourth-order valence-corrected chi connectivity index (χ4v) is 2.45. The second-order valence-electron chi connectivity index (χ2n) is 5.04. The van der Waals surface area contributed by atoms with Gasteiger partial charge in [0.1, 0.15) is 10.8 Å². The van der Waals surface area contributed by atoms with E-state index >= 15 is 0 Å². The molecule has 104 valence electrons. The van der Waals surface area contributed by atoms with Gasteiger partial charge in [0.25, 0.3) is 0 Å². The Hall–Kier alpha value is -1.94. The van der Waals surface area contributed by atoms with Crippen molar-refractivity contribution in [2.75, 3.05) is 11.9 Å². The molecule has 4 heteroatoms. The predicted molar refractivity (Wildman–Crippen MR) is 88.8 cm³/mol. The van der Waals surface area contributed by atoms with Crippen molar-refractivity contribution in [3.05, 3.63) is 52.7 Å². The average molecular weight is 285 g/mol. The van der Waals surface area contributed by atoms with Gasteiger partial charge < -0.3 is 10.6 Å². The summed E-state index contributed by atoms with van der Waals surface area (Å²) >= 11 is 5.13. The lowest BCUT2D eigenvalue weighted by atomic mass is 10.1. The van der Waals surface area contributed by atoms with Gasteiger partial charge >= 0.3 is 0 Å². The Morgan fingerprint density at radius 3 is 2.45 bits per heavy atom. The number of rotatable bonds is 3. The van der Waals surface area contributed by atoms with Crippen molar-refractivity contribution < 1.29 is 0 Å². The van der Waals surface area contributed by atoms with Crippen molar-refractivity contribution >= 4 is 28.7 Å². The highest BCUT2D eigenvalue weighted by Gasteiger charge is 2.14. The van der Waals surface area contributed by atoms with E-state index in [0.29, 0.717) is 4.99 Å². The number of nitrogens with zero attached hydrogens (tertiary/aromatic N) is 2. The third-order valence-corrected chi connectivity index (χ3v) is 3.53. The molecule has 1 heterocycles. The Morgan fingerprint density at radius 2 is 1.85 bits per heavy atom. The summed E-state index contributed by atoms with van der Waals surface area (Å²) < 4.78 is 0. The zero-order valence-electron chi connectivity index (χ0n) is 12.3. The lowest BCUT2D eigenvalue weighted by Gasteiger charge is -2.23. The smallest absolute Gasteiger partial charge is 0.143 e. The zero-order valence-corrected chi connectivity index (χ0v) is 13.1. The van der Waals surface area contributed by atoms with Crippen molar-refractivity contribution in [2.24, 2.45) is 5.73 Å². The molecule has 0 aliphatic carbocycles. The molecule has 0 amide bonds. The van der Waals surface area contributed by atoms with E-state index in [1.807, 2.05) is 31.0 Å². The van der Waals surface area contributed by atoms with Gasteiger partial charge in [-0.15, -0.1) is 0 Å². The van der Waals surface area contributed by atoms with Gasteiger partial charge in [-0.3, -0.25) is 0 Å². The first-order valence-corrected chi connectivity index (χ1v) is 6.89. The minimum absolute atomic E-state index is 0.365. The van der Waals surface area contributed by atoms with Gasteiger partial charge in [-0.05, 0) is 44.5 Å². The maximum atomic E-state index is 5.81. The SMILES string of the molecule is Cc1ccc(N(C)c2nc(C)ccc2C(N)=S)c(C)c1. The first-order valence-electron chi connectivity index (χ1n) is 6.48. The molecule has 1 aromatic heterocycles. The van der Waals surface area contributed by atoms with E-state index in [2.05, 4.69) is 37.0 Å². The summed E-state index contributed by atoms with van der Waals surface area (Å²) in [5.41, 5.74) is 11.1. The highest BCUT2D eigenvalue weighted by atomic mass is 32.1. The number of nitrogens with two attached hydrogens (primary N) is 1. The van der Waals surface area contributed by atoms with Gasteiger partial charge in [-0.1, -0.05) is 29.9 Å². The van der Waals surface area contributed by atoms with Crippen LogP contribution in [-0.2, 0) is 0 Å². The third-order valence-electron chi connectivity index (χ3n) is 3.31. The van der Waals surface area contributed by atoms with Crippen LogP contribution in [0.25, 0.3) is 0 Å². The lowest BCUT2D eigenvalue weighted by molar-refractivity contribution is 1.08. The summed E-state index contributed by atoms with van der Waals surface area (Å²) in [6.07, 6.45) is 0. The minimum atomic E-state index is 0.365. The van der Waals surface area contributed by atoms with Crippen LogP contribution >= 0.6 is 12.2 Å². The number of thiocarbonyl (C=S) groups is 1. The highest BCUT2D eigenvalue weighted by molar-refractivity contribution is 7.80. The number of pyridine rings is 1. The second kappa shape index (κ2) is 5.59. The molecule has 0 saturated heterocycles. The zero-order chi connectivity index (χ0) is 14.9. The number of anilines is 2. The quantitative estimate of drug-likeness (QED) is 0.878. The van der Waals surface area contributed by atoms with Crippen LogP contribution in [0.2, 0.25) is 0 Å². The van der Waals surface area contributed by atoms with E-state index in [4.69, 9.17) is 18.0 Å². The van der Waals surface area contributed by atoms with E-state index in [1.54, 1.807) is 0 Å². The highest BCUT2D eigenvalue weighted by Crippen LogP contribution is 2.28. The van der Waals surface area contributed by atoms with Crippen molar-refractivity contribution in [1.29, 1.82) is 0 Å². The molecular weight excluding hydrogens is 266 g/mol. The number of hydrogen-bond donors (Lipinski definition) is 1. The van der Waals surface area contributed by atoms with Crippen LogP contribution in [0.15, 0.2) is 30.3 Å². The molecule has 0 spiro atoms. The van der Waals surface area contributed by atoms with Gasteiger partial charge in [0.15, 0.2) is 0 Å². The molecule has 0 saturated carbocycles. The maximum absolute atomic E-state index is 5.81. The predicted octanol–water partition coefficient (Wildman–Crippen LogP) is 3.41. The Kier molecular flexibility index (Phi) is 4.04. The first-order chi connectivity index (χ1) is 9.40. The van der Waals surface area contributed by atoms with Crippen LogP contribution in [0.3, 0.4) is 0 Å². The van der Waals surface area contributed by atoms with E-state index < -0.39 is 0 Å². The number of hydrogen-bond acceptors (Lipinski definition) is 3. The fourth-order valence-electron chi connectivity index (χ4n) is 2.29. The van der Waals surface area contributed by atoms with E-state index in [0.717, 1.165) is 22.8 Å². The lowest BCUT2D eigenvalue weighted by Crippen LogP contribution is -2.20. The maximum Gasteiger partial charge on any atom is 0.143 e. The number of aryl methyl sites for hydroxylation is 3. The summed E-state index contributed by atoms with van der Waals surface area (Å²) in [6.45, 7) is 6.14. The molecule has 2 rings (SSSR count). The van der Waals surface area contributed by atoms with Crippen LogP contribution < -0.4 is 10.6 Å². The molecule has 0 fully saturated rings. The molecule has 20 heavy (non-hydrogen) atoms. The Bertz CT molecular complexity index is 665. The first kappa shape index (κ1) is 14.5. The third kappa shape index (κ3) is 2.80. The molecule has 2 aromatic rings. The topological polar surface area (TPSA) is 42.2 Å². The molecule has 0 bridgehead atoms. The van der Waals surface area contributed by atoms with Crippen LogP contribution in [0.5, 0.6) is 0 Å². The van der Waals surface area contributed by atoms with Crippen LogP contribution in [-0.4, -0.2) is 17.0 Å². The minimum Gasteiger partial charge on any atom is -0.389 e. The molecular formula is C16H19N3S. The largest absolute Gasteiger partial charge is 0.389 e. The van der Waals surface area contributed by atoms with Crippen molar-refractivity contribution in [2.45, 2.75) is 20.8 Å². The monoisotopic (exact) mass is 285 g/mol. The van der Waals surface area contributed by atoms with Crippen LogP contribution in [0.4, 0.5) is 11.5 Å². The standard InChI is InChI=1S/C16H19N3S/c1-10-5-8-14(11(2)9-10)19(4)16-13(15(17)20)7-6-12(3)18-16/h5-9H,1-4H3,(H2,17,20). The van der Waals surface area contributed by atoms with E-state index in [9.17, 15) is 0 Å². The van der Waals surface area contributed by atoms with Gasteiger partial charge in [0.2, 0.25) is 0 Å². The Morgan fingerprint density at radius 1 is 1.15 bits per heavy atom. The molecule has 0 aliphatic heterocycles. The van der Waals surface area contributed by atoms with Crippen molar-refractivity contribution in [1.82, 2.24) is 4.98 Å². The van der Waals surface area contributed by atoms with E-state index in [-0.39, 0.29) is 0 Å². The Balaban J connectivity index is 2.55. The number of aromatic nitrogens is 1. The van der Waals surface area contributed by atoms with E-state index in [1.165, 1.54) is 11.1 Å². The van der Waals surface area contributed by atoms with Gasteiger partial charge in [0.05, 0.1) is 5.56 Å². The second-order valence-corrected chi connectivity index (χ2v) is 5.48. The van der Waals surface area contributed by atoms with Crippen LogP contribution in [0.1, 0.15) is 22.4 Å². The normalized spacial score (nSPS) is 10.4. The van der Waals surface area contributed by atoms with Crippen molar-refractivity contribution in [3.8, 4) is 0 Å². The van der Waals surface area contributed by atoms with Crippen molar-refractivity contribution in [3.63, 3.8) is 0 Å². The fraction of sp³-hybridized carbons (Fsp3) is 0.250. The summed E-state index contributed by atoms with van der Waals surface area (Å²) in [5, 5.41) is 0. The van der Waals surface area contributed by atoms with Gasteiger partial charge in [0, 0.05) is 18.4 Å². The Labute approximate surface area is 125 Å². The molecule has 0 aliphatic rings. The summed E-state index contributed by atoms with van der Waals surface area (Å²) in [6, 6.07) is 10.2. The molecule has 3 nitrogen and oxygen atoms in total. The summed E-state index contributed by atoms with van der Waals surface area (Å²) in [5.74, 6) is 0.796. The molecule has 0 atom stereocenters. The molecule has 0 unspecified atom stereocenters. The van der Waals surface area contributed by atoms with Gasteiger partial charge in [-0.2, -0.15) is 0 Å². The molecule has 1 aromatic carbocycles. The summed E-state index contributed by atoms with van der Waals surface area (Å²) in [4.78, 5) is 7.00. The number of benzene rings is 1. The summed E-state index contributed by atoms with van der Waals surface area (Å²) in [7, 11) is 1.99. The van der Waals surface area contributed by atoms with Gasteiger partial charge in [-0.25, -0.2) is 4.98 Å². The van der Waals surface area contributed by atoms with Crippen LogP contribution in [0, 0.1) is 20.8 Å². The molecule has 2 N–H and O–H groups in total.